The zero-order valence-corrected chi connectivity index (χ0v) is 17.3. The van der Waals surface area contributed by atoms with Crippen LogP contribution >= 0.6 is 15.9 Å². The molecule has 4 N–H and O–H groups in total. The summed E-state index contributed by atoms with van der Waals surface area (Å²) in [6.45, 7) is 0. The number of rotatable bonds is 6. The van der Waals surface area contributed by atoms with Crippen molar-refractivity contribution in [3.05, 3.63) is 76.7 Å². The molecule has 29 heavy (non-hydrogen) atoms. The van der Waals surface area contributed by atoms with Crippen molar-refractivity contribution in [3.63, 3.8) is 0 Å². The molecule has 6 nitrogen and oxygen atoms in total. The summed E-state index contributed by atoms with van der Waals surface area (Å²) in [6.07, 6.45) is 4.01. The highest BCUT2D eigenvalue weighted by Crippen LogP contribution is 2.39. The Kier molecular flexibility index (Phi) is 4.81. The normalized spacial score (nSPS) is 18.4. The standard InChI is InChI=1S/C22H21BrN6/c23-18-13-24-22(27-21(18)26-20-12-19(28-29-20)16-6-7-16)25-17-10-8-15(9-11-17)14-4-2-1-3-5-14/h1-5,8-13,16,22,25,27H,6-7H2,(H2,26,28,29). The predicted molar refractivity (Wildman–Crippen MR) is 121 cm³/mol. The molecule has 146 valence electrons. The maximum absolute atomic E-state index is 4.50. The van der Waals surface area contributed by atoms with Gasteiger partial charge in [0.1, 0.15) is 5.82 Å². The van der Waals surface area contributed by atoms with Gasteiger partial charge in [-0.25, -0.2) is 4.99 Å². The summed E-state index contributed by atoms with van der Waals surface area (Å²) in [6, 6.07) is 20.8. The lowest BCUT2D eigenvalue weighted by Gasteiger charge is -2.24. The van der Waals surface area contributed by atoms with Crippen molar-refractivity contribution in [2.75, 3.05) is 10.6 Å². The molecule has 3 aromatic rings. The average molecular weight is 449 g/mol. The molecule has 0 saturated heterocycles. The molecule has 5 rings (SSSR count). The van der Waals surface area contributed by atoms with Gasteiger partial charge in [0.05, 0.1) is 4.48 Å². The number of H-pyrrole nitrogens is 1. The Morgan fingerprint density at radius 3 is 2.48 bits per heavy atom. The fourth-order valence-corrected chi connectivity index (χ4v) is 3.63. The molecule has 7 heteroatoms. The summed E-state index contributed by atoms with van der Waals surface area (Å²) in [5, 5.41) is 17.6. The molecule has 0 radical (unpaired) electrons. The van der Waals surface area contributed by atoms with Crippen LogP contribution in [0.2, 0.25) is 0 Å². The van der Waals surface area contributed by atoms with Gasteiger partial charge in [-0.3, -0.25) is 5.10 Å². The number of benzene rings is 2. The summed E-state index contributed by atoms with van der Waals surface area (Å²) in [5.74, 6) is 2.27. The quantitative estimate of drug-likeness (QED) is 0.427. The first-order valence-corrected chi connectivity index (χ1v) is 10.5. The van der Waals surface area contributed by atoms with Crippen molar-refractivity contribution in [1.29, 1.82) is 0 Å². The van der Waals surface area contributed by atoms with Crippen LogP contribution in [0.15, 0.2) is 76.0 Å². The number of hydrogen-bond acceptors (Lipinski definition) is 5. The minimum absolute atomic E-state index is 0.275. The summed E-state index contributed by atoms with van der Waals surface area (Å²) >= 11 is 3.55. The van der Waals surface area contributed by atoms with Crippen LogP contribution in [0, 0.1) is 0 Å². The van der Waals surface area contributed by atoms with E-state index in [0.717, 1.165) is 21.8 Å². The van der Waals surface area contributed by atoms with Crippen molar-refractivity contribution >= 4 is 33.6 Å². The van der Waals surface area contributed by atoms with Crippen molar-refractivity contribution in [2.24, 2.45) is 4.99 Å². The maximum Gasteiger partial charge on any atom is 0.195 e. The summed E-state index contributed by atoms with van der Waals surface area (Å²) in [7, 11) is 0. The summed E-state index contributed by atoms with van der Waals surface area (Å²) in [5.41, 5.74) is 4.58. The Hall–Kier alpha value is -3.06. The lowest BCUT2D eigenvalue weighted by Crippen LogP contribution is -2.39. The molecular formula is C22H21BrN6. The highest BCUT2D eigenvalue weighted by Gasteiger charge is 2.26. The van der Waals surface area contributed by atoms with Crippen molar-refractivity contribution in [3.8, 4) is 11.1 Å². The molecule has 1 aliphatic carbocycles. The first kappa shape index (κ1) is 18.0. The largest absolute Gasteiger partial charge is 0.347 e. The van der Waals surface area contributed by atoms with Gasteiger partial charge in [0, 0.05) is 29.6 Å². The van der Waals surface area contributed by atoms with Crippen LogP contribution < -0.4 is 16.0 Å². The Bertz CT molecular complexity index is 1050. The topological polar surface area (TPSA) is 77.1 Å². The minimum Gasteiger partial charge on any atom is -0.347 e. The third-order valence-corrected chi connectivity index (χ3v) is 5.62. The third kappa shape index (κ3) is 4.19. The van der Waals surface area contributed by atoms with E-state index in [9.17, 15) is 0 Å². The van der Waals surface area contributed by atoms with E-state index in [1.165, 1.54) is 29.7 Å². The van der Waals surface area contributed by atoms with Gasteiger partial charge in [0.2, 0.25) is 0 Å². The lowest BCUT2D eigenvalue weighted by molar-refractivity contribution is 0.653. The molecule has 0 spiro atoms. The van der Waals surface area contributed by atoms with Crippen molar-refractivity contribution in [1.82, 2.24) is 15.5 Å². The van der Waals surface area contributed by atoms with Gasteiger partial charge in [-0.2, -0.15) is 5.10 Å². The number of nitrogens with one attached hydrogen (secondary N) is 4. The van der Waals surface area contributed by atoms with E-state index in [1.807, 2.05) is 18.2 Å². The highest BCUT2D eigenvalue weighted by atomic mass is 79.9. The van der Waals surface area contributed by atoms with Gasteiger partial charge in [0.25, 0.3) is 0 Å². The Balaban J connectivity index is 1.23. The Morgan fingerprint density at radius 1 is 0.966 bits per heavy atom. The van der Waals surface area contributed by atoms with Crippen molar-refractivity contribution < 1.29 is 0 Å². The molecule has 1 aliphatic heterocycles. The molecular weight excluding hydrogens is 428 g/mol. The average Bonchev–Trinajstić information content (AvgIpc) is 3.51. The van der Waals surface area contributed by atoms with E-state index in [-0.39, 0.29) is 6.29 Å². The highest BCUT2D eigenvalue weighted by molar-refractivity contribution is 9.12. The van der Waals surface area contributed by atoms with Crippen LogP contribution in [-0.2, 0) is 0 Å². The Morgan fingerprint density at radius 2 is 1.72 bits per heavy atom. The smallest absolute Gasteiger partial charge is 0.195 e. The fraction of sp³-hybridized carbons (Fsp3) is 0.182. The molecule has 2 aliphatic rings. The molecule has 2 heterocycles. The number of aromatic amines is 1. The molecule has 1 atom stereocenters. The minimum atomic E-state index is -0.275. The van der Waals surface area contributed by atoms with Gasteiger partial charge in [-0.05, 0) is 52.0 Å². The first-order chi connectivity index (χ1) is 14.2. The monoisotopic (exact) mass is 448 g/mol. The van der Waals surface area contributed by atoms with Crippen LogP contribution in [-0.4, -0.2) is 22.7 Å². The Labute approximate surface area is 177 Å². The van der Waals surface area contributed by atoms with E-state index in [4.69, 9.17) is 0 Å². The van der Waals surface area contributed by atoms with Gasteiger partial charge in [-0.15, -0.1) is 0 Å². The van der Waals surface area contributed by atoms with Crippen molar-refractivity contribution in [2.45, 2.75) is 25.0 Å². The fourth-order valence-electron chi connectivity index (χ4n) is 3.30. The van der Waals surface area contributed by atoms with Crippen LogP contribution in [0.3, 0.4) is 0 Å². The molecule has 0 bridgehead atoms. The zero-order chi connectivity index (χ0) is 19.6. The second-order valence-electron chi connectivity index (χ2n) is 7.24. The molecule has 1 unspecified atom stereocenters. The van der Waals surface area contributed by atoms with E-state index in [2.05, 4.69) is 89.5 Å². The van der Waals surface area contributed by atoms with E-state index >= 15 is 0 Å². The first-order valence-electron chi connectivity index (χ1n) is 9.68. The lowest BCUT2D eigenvalue weighted by atomic mass is 10.1. The third-order valence-electron chi connectivity index (χ3n) is 5.02. The van der Waals surface area contributed by atoms with E-state index in [0.29, 0.717) is 5.92 Å². The van der Waals surface area contributed by atoms with Crippen LogP contribution in [0.25, 0.3) is 11.1 Å². The van der Waals surface area contributed by atoms with Crippen LogP contribution in [0.1, 0.15) is 24.5 Å². The van der Waals surface area contributed by atoms with Gasteiger partial charge < -0.3 is 16.0 Å². The van der Waals surface area contributed by atoms with Crippen LogP contribution in [0.4, 0.5) is 11.5 Å². The van der Waals surface area contributed by atoms with Gasteiger partial charge in [-0.1, -0.05) is 42.5 Å². The summed E-state index contributed by atoms with van der Waals surface area (Å²) < 4.78 is 0.853. The van der Waals surface area contributed by atoms with E-state index < -0.39 is 0 Å². The molecule has 2 aromatic carbocycles. The number of aromatic nitrogens is 2. The van der Waals surface area contributed by atoms with Gasteiger partial charge in [0.15, 0.2) is 12.1 Å². The zero-order valence-electron chi connectivity index (χ0n) is 15.7. The molecule has 1 fully saturated rings. The van der Waals surface area contributed by atoms with Gasteiger partial charge >= 0.3 is 0 Å². The van der Waals surface area contributed by atoms with E-state index in [1.54, 1.807) is 6.21 Å². The number of hydrogen-bond donors (Lipinski definition) is 4. The number of halogens is 1. The second-order valence-corrected chi connectivity index (χ2v) is 8.10. The maximum atomic E-state index is 4.50. The number of allylic oxidation sites excluding steroid dienone is 1. The number of nitrogens with zero attached hydrogens (tertiary/aromatic N) is 2. The predicted octanol–water partition coefficient (Wildman–Crippen LogP) is 5.00. The summed E-state index contributed by atoms with van der Waals surface area (Å²) in [4.78, 5) is 4.50. The SMILES string of the molecule is BrC1=C(Nc2cc(C3CC3)[nH]n2)NC(Nc2ccc(-c3ccccc3)cc2)N=C1. The molecule has 1 aromatic heterocycles. The number of aliphatic imine (C=N–C) groups is 1. The number of anilines is 2. The molecule has 0 amide bonds. The molecule has 1 saturated carbocycles. The van der Waals surface area contributed by atoms with Crippen LogP contribution in [0.5, 0.6) is 0 Å². The second kappa shape index (κ2) is 7.75.